The number of H-pyrrole nitrogens is 1. The standard InChI is InChI=1S/C31H39N3O3/c1-20-27(30(35)36-29(21(2)33(3)4)22-11-6-5-7-12-22)28-24-19-23-13-10-18-34-17-9-8-16-31(23,34)37-26(24)15-14-25(28)32-20/h5-7,11-12,14-15,21,23,29,32H,8-10,13,16-19H2,1-4H3/t21-,23?,29+,31?/m0/s1. The fourth-order valence-corrected chi connectivity index (χ4v) is 7.00. The predicted octanol–water partition coefficient (Wildman–Crippen LogP) is 5.85. The highest BCUT2D eigenvalue weighted by atomic mass is 16.5. The number of likely N-dealkylation sites (N-methyl/N-ethyl adjacent to an activating group) is 1. The Hall–Kier alpha value is -2.83. The molecule has 1 spiro atoms. The molecule has 6 rings (SSSR count). The topological polar surface area (TPSA) is 57.8 Å². The first-order valence-electron chi connectivity index (χ1n) is 13.9. The number of nitrogens with one attached hydrogen (secondary N) is 1. The molecule has 6 nitrogen and oxygen atoms in total. The third-order valence-corrected chi connectivity index (χ3v) is 9.14. The summed E-state index contributed by atoms with van der Waals surface area (Å²) in [6.45, 7) is 6.32. The van der Waals surface area contributed by atoms with Crippen molar-refractivity contribution < 1.29 is 14.3 Å². The third-order valence-electron chi connectivity index (χ3n) is 9.14. The molecule has 0 aliphatic carbocycles. The molecular weight excluding hydrogens is 462 g/mol. The largest absolute Gasteiger partial charge is 0.472 e. The minimum Gasteiger partial charge on any atom is -0.472 e. The number of aromatic amines is 1. The van der Waals surface area contributed by atoms with Crippen LogP contribution in [-0.4, -0.2) is 59.7 Å². The number of hydrogen-bond acceptors (Lipinski definition) is 5. The summed E-state index contributed by atoms with van der Waals surface area (Å²) in [5.74, 6) is 1.11. The monoisotopic (exact) mass is 501 g/mol. The van der Waals surface area contributed by atoms with Gasteiger partial charge < -0.3 is 19.4 Å². The lowest BCUT2D eigenvalue weighted by Crippen LogP contribution is -2.64. The molecule has 1 aromatic heterocycles. The van der Waals surface area contributed by atoms with Crippen molar-refractivity contribution in [3.63, 3.8) is 0 Å². The molecule has 3 aliphatic rings. The van der Waals surface area contributed by atoms with E-state index in [0.29, 0.717) is 11.5 Å². The van der Waals surface area contributed by atoms with Crippen LogP contribution in [0.1, 0.15) is 72.3 Å². The summed E-state index contributed by atoms with van der Waals surface area (Å²) < 4.78 is 13.3. The molecule has 0 amide bonds. The van der Waals surface area contributed by atoms with Gasteiger partial charge in [-0.25, -0.2) is 4.79 Å². The number of aryl methyl sites for hydroxylation is 1. The predicted molar refractivity (Wildman–Crippen MR) is 146 cm³/mol. The minimum absolute atomic E-state index is 0.0218. The lowest BCUT2D eigenvalue weighted by atomic mass is 9.74. The molecule has 1 N–H and O–H groups in total. The molecule has 2 unspecified atom stereocenters. The zero-order valence-electron chi connectivity index (χ0n) is 22.5. The van der Waals surface area contributed by atoms with E-state index in [1.54, 1.807) is 0 Å². The molecule has 0 radical (unpaired) electrons. The zero-order valence-corrected chi connectivity index (χ0v) is 22.5. The van der Waals surface area contributed by atoms with Gasteiger partial charge in [-0.2, -0.15) is 0 Å². The van der Waals surface area contributed by atoms with Crippen molar-refractivity contribution in [3.05, 3.63) is 64.8 Å². The highest BCUT2D eigenvalue weighted by Gasteiger charge is 2.52. The summed E-state index contributed by atoms with van der Waals surface area (Å²) in [5.41, 5.74) is 4.46. The van der Waals surface area contributed by atoms with Crippen LogP contribution in [0.4, 0.5) is 0 Å². The number of ether oxygens (including phenoxy) is 2. The Morgan fingerprint density at radius 3 is 2.70 bits per heavy atom. The third kappa shape index (κ3) is 4.05. The molecular formula is C31H39N3O3. The van der Waals surface area contributed by atoms with Crippen LogP contribution in [0.5, 0.6) is 5.75 Å². The number of esters is 1. The second-order valence-corrected chi connectivity index (χ2v) is 11.5. The van der Waals surface area contributed by atoms with E-state index in [4.69, 9.17) is 9.47 Å². The highest BCUT2D eigenvalue weighted by Crippen LogP contribution is 2.50. The molecule has 4 heterocycles. The van der Waals surface area contributed by atoms with Gasteiger partial charge in [0, 0.05) is 53.6 Å². The molecule has 37 heavy (non-hydrogen) atoms. The van der Waals surface area contributed by atoms with Gasteiger partial charge in [0.05, 0.1) is 5.56 Å². The number of aromatic nitrogens is 1. The number of carbonyl (C=O) groups excluding carboxylic acids is 1. The van der Waals surface area contributed by atoms with Gasteiger partial charge in [-0.05, 0) is 77.7 Å². The van der Waals surface area contributed by atoms with Crippen LogP contribution < -0.4 is 4.74 Å². The summed E-state index contributed by atoms with van der Waals surface area (Å²) in [6, 6.07) is 14.3. The molecule has 6 heteroatoms. The number of rotatable bonds is 5. The fourth-order valence-electron chi connectivity index (χ4n) is 7.00. The molecule has 3 aromatic rings. The first kappa shape index (κ1) is 24.5. The SMILES string of the molecule is Cc1[nH]c2ccc3c(c2c1C(=O)O[C@@H](c1ccccc1)[C@H](C)N(C)C)CC1CCCN2CCCCC12O3. The molecule has 0 saturated carbocycles. The van der Waals surface area contributed by atoms with E-state index in [0.717, 1.165) is 59.4 Å². The number of nitrogens with zero attached hydrogens (tertiary/aromatic N) is 2. The number of piperidine rings is 2. The van der Waals surface area contributed by atoms with Gasteiger partial charge in [0.1, 0.15) is 11.9 Å². The number of fused-ring (bicyclic) bond motifs is 3. The molecule has 2 saturated heterocycles. The van der Waals surface area contributed by atoms with Crippen LogP contribution in [0.3, 0.4) is 0 Å². The average Bonchev–Trinajstić information content (AvgIpc) is 3.25. The van der Waals surface area contributed by atoms with Crippen molar-refractivity contribution >= 4 is 16.9 Å². The quantitative estimate of drug-likeness (QED) is 0.445. The summed E-state index contributed by atoms with van der Waals surface area (Å²) in [4.78, 5) is 22.1. The normalized spacial score (nSPS) is 25.1. The van der Waals surface area contributed by atoms with Gasteiger partial charge in [0.2, 0.25) is 0 Å². The van der Waals surface area contributed by atoms with Crippen molar-refractivity contribution in [2.24, 2.45) is 5.92 Å². The minimum atomic E-state index is -0.374. The van der Waals surface area contributed by atoms with E-state index < -0.39 is 0 Å². The molecule has 3 aliphatic heterocycles. The summed E-state index contributed by atoms with van der Waals surface area (Å²) >= 11 is 0. The molecule has 2 aromatic carbocycles. The second kappa shape index (κ2) is 9.48. The maximum absolute atomic E-state index is 13.9. The molecule has 196 valence electrons. The van der Waals surface area contributed by atoms with Gasteiger partial charge in [0.15, 0.2) is 5.72 Å². The van der Waals surface area contributed by atoms with E-state index >= 15 is 0 Å². The molecule has 2 fully saturated rings. The Bertz CT molecular complexity index is 1300. The average molecular weight is 502 g/mol. The number of benzene rings is 2. The maximum Gasteiger partial charge on any atom is 0.341 e. The van der Waals surface area contributed by atoms with Crippen LogP contribution in [-0.2, 0) is 11.2 Å². The molecule has 4 atom stereocenters. The van der Waals surface area contributed by atoms with Gasteiger partial charge in [-0.1, -0.05) is 30.3 Å². The Balaban J connectivity index is 1.40. The number of hydrogen-bond donors (Lipinski definition) is 1. The first-order chi connectivity index (χ1) is 17.9. The Kier molecular flexibility index (Phi) is 6.28. The van der Waals surface area contributed by atoms with Crippen LogP contribution in [0.25, 0.3) is 10.9 Å². The lowest BCUT2D eigenvalue weighted by Gasteiger charge is -2.56. The first-order valence-corrected chi connectivity index (χ1v) is 13.9. The fraction of sp³-hybridized carbons (Fsp3) is 0.516. The number of carbonyl (C=O) groups is 1. The van der Waals surface area contributed by atoms with Crippen molar-refractivity contribution in [1.82, 2.24) is 14.8 Å². The van der Waals surface area contributed by atoms with E-state index in [-0.39, 0.29) is 23.8 Å². The highest BCUT2D eigenvalue weighted by molar-refractivity contribution is 6.07. The van der Waals surface area contributed by atoms with Crippen LogP contribution in [0.2, 0.25) is 0 Å². The lowest BCUT2D eigenvalue weighted by molar-refractivity contribution is -0.177. The molecule has 0 bridgehead atoms. The summed E-state index contributed by atoms with van der Waals surface area (Å²) in [6.07, 6.45) is 6.52. The van der Waals surface area contributed by atoms with Gasteiger partial charge in [-0.15, -0.1) is 0 Å². The second-order valence-electron chi connectivity index (χ2n) is 11.5. The van der Waals surface area contributed by atoms with Crippen molar-refractivity contribution in [2.75, 3.05) is 27.2 Å². The Labute approximate surface area is 219 Å². The van der Waals surface area contributed by atoms with Crippen LogP contribution in [0.15, 0.2) is 42.5 Å². The van der Waals surface area contributed by atoms with E-state index in [1.165, 1.54) is 25.7 Å². The van der Waals surface area contributed by atoms with Crippen molar-refractivity contribution in [3.8, 4) is 5.75 Å². The van der Waals surface area contributed by atoms with E-state index in [9.17, 15) is 4.79 Å². The Morgan fingerprint density at radius 1 is 1.14 bits per heavy atom. The summed E-state index contributed by atoms with van der Waals surface area (Å²) in [7, 11) is 4.04. The smallest absolute Gasteiger partial charge is 0.341 e. The van der Waals surface area contributed by atoms with Crippen LogP contribution in [0, 0.1) is 12.8 Å². The maximum atomic E-state index is 13.9. The van der Waals surface area contributed by atoms with Gasteiger partial charge in [0.25, 0.3) is 0 Å². The zero-order chi connectivity index (χ0) is 25.7. The van der Waals surface area contributed by atoms with Crippen LogP contribution >= 0.6 is 0 Å². The van der Waals surface area contributed by atoms with Gasteiger partial charge >= 0.3 is 5.97 Å². The Morgan fingerprint density at radius 2 is 1.92 bits per heavy atom. The summed E-state index contributed by atoms with van der Waals surface area (Å²) in [5, 5.41) is 0.979. The van der Waals surface area contributed by atoms with Gasteiger partial charge in [-0.3, -0.25) is 4.90 Å². The van der Waals surface area contributed by atoms with Crippen molar-refractivity contribution in [1.29, 1.82) is 0 Å². The van der Waals surface area contributed by atoms with E-state index in [1.807, 2.05) is 51.4 Å². The van der Waals surface area contributed by atoms with E-state index in [2.05, 4.69) is 33.8 Å². The van der Waals surface area contributed by atoms with Crippen molar-refractivity contribution in [2.45, 2.75) is 70.2 Å².